The zero-order valence-electron chi connectivity index (χ0n) is 39.4. The summed E-state index contributed by atoms with van der Waals surface area (Å²) in [4.78, 5) is 60.2. The molecule has 2 aliphatic heterocycles. The maximum Gasteiger partial charge on any atom is 0.337 e. The van der Waals surface area contributed by atoms with Crippen molar-refractivity contribution in [3.05, 3.63) is 125 Å². The van der Waals surface area contributed by atoms with Gasteiger partial charge in [0.25, 0.3) is 17.0 Å². The van der Waals surface area contributed by atoms with Crippen molar-refractivity contribution in [3.8, 4) is 0 Å². The average molecular weight is 961 g/mol. The number of carbonyl (C=O) groups excluding carboxylic acids is 1. The van der Waals surface area contributed by atoms with Gasteiger partial charge in [-0.25, -0.2) is 40.6 Å². The van der Waals surface area contributed by atoms with Gasteiger partial charge in [0.1, 0.15) is 0 Å². The van der Waals surface area contributed by atoms with Crippen molar-refractivity contribution in [1.82, 2.24) is 39.4 Å². The van der Waals surface area contributed by atoms with Crippen LogP contribution in [-0.2, 0) is 20.0 Å². The number of nitrogens with zero attached hydrogens (tertiary/aromatic N) is 5. The summed E-state index contributed by atoms with van der Waals surface area (Å²) in [6.45, 7) is 16.8. The van der Waals surface area contributed by atoms with E-state index in [0.29, 0.717) is 64.5 Å². The van der Waals surface area contributed by atoms with Gasteiger partial charge in [-0.2, -0.15) is 0 Å². The number of aromatic carboxylic acids is 1. The lowest BCUT2D eigenvalue weighted by molar-refractivity contribution is 0.0552. The lowest BCUT2D eigenvalue weighted by Crippen LogP contribution is -2.41. The number of likely N-dealkylation sites (tertiary alicyclic amines) is 1. The van der Waals surface area contributed by atoms with Crippen LogP contribution in [0.25, 0.3) is 11.3 Å². The first-order chi connectivity index (χ1) is 31.3. The van der Waals surface area contributed by atoms with E-state index in [1.807, 2.05) is 32.9 Å². The number of aromatic nitrogens is 6. The third kappa shape index (κ3) is 12.0. The van der Waals surface area contributed by atoms with Crippen LogP contribution in [0.15, 0.2) is 58.1 Å². The Balaban J connectivity index is 0.000000184. The molecule has 0 spiro atoms. The number of piperidine rings is 2. The fraction of sp³-hybridized carbons (Fsp3) is 0.435. The second-order valence-electron chi connectivity index (χ2n) is 18.0. The molecule has 6 aromatic rings. The quantitative estimate of drug-likeness (QED) is 0.107. The molecule has 67 heavy (non-hydrogen) atoms. The SMILES string of the molecule is Cc1ccc(NS(C)(=O)=O)c(C(=O)N2CCC(C)CC2c2cc3nc(C)c(C)c(=O)n3[nH]2)c1.Cc1ccc(NS(C)(=O)=O)c(C(=O)O)c1.Cc1nc2cc(C3CC(C)CCN3)[nH]n2c(=O)c1C. The summed E-state index contributed by atoms with van der Waals surface area (Å²) in [5.41, 5.74) is 7.79. The summed E-state index contributed by atoms with van der Waals surface area (Å²) in [5, 5.41) is 18.7. The third-order valence-corrected chi connectivity index (χ3v) is 13.3. The number of anilines is 2. The van der Waals surface area contributed by atoms with Gasteiger partial charge in [-0.3, -0.25) is 34.0 Å². The molecule has 0 saturated carbocycles. The first-order valence-electron chi connectivity index (χ1n) is 21.9. The van der Waals surface area contributed by atoms with Crippen LogP contribution in [0.3, 0.4) is 0 Å². The number of amides is 1. The maximum atomic E-state index is 13.7. The van der Waals surface area contributed by atoms with Crippen LogP contribution in [0.5, 0.6) is 0 Å². The Labute approximate surface area is 389 Å². The predicted molar refractivity (Wildman–Crippen MR) is 258 cm³/mol. The van der Waals surface area contributed by atoms with Gasteiger partial charge < -0.3 is 15.3 Å². The molecule has 2 saturated heterocycles. The van der Waals surface area contributed by atoms with Crippen molar-refractivity contribution < 1.29 is 31.5 Å². The van der Waals surface area contributed by atoms with Crippen LogP contribution in [-0.4, -0.2) is 93.5 Å². The Bertz CT molecular complexity index is 3210. The van der Waals surface area contributed by atoms with Gasteiger partial charge in [0, 0.05) is 47.2 Å². The molecule has 2 aromatic carbocycles. The van der Waals surface area contributed by atoms with Crippen molar-refractivity contribution in [1.29, 1.82) is 0 Å². The number of benzene rings is 2. The first kappa shape index (κ1) is 50.1. The molecule has 4 atom stereocenters. The van der Waals surface area contributed by atoms with Crippen LogP contribution < -0.4 is 25.9 Å². The van der Waals surface area contributed by atoms with E-state index in [1.165, 1.54) is 23.1 Å². The van der Waals surface area contributed by atoms with Crippen LogP contribution in [0.4, 0.5) is 11.4 Å². The van der Waals surface area contributed by atoms with Gasteiger partial charge in [-0.05, 0) is 110 Å². The van der Waals surface area contributed by atoms with Gasteiger partial charge in [-0.15, -0.1) is 0 Å². The van der Waals surface area contributed by atoms with Crippen molar-refractivity contribution in [3.63, 3.8) is 0 Å². The van der Waals surface area contributed by atoms with Crippen molar-refractivity contribution in [2.75, 3.05) is 35.0 Å². The van der Waals surface area contributed by atoms with Crippen molar-refractivity contribution in [2.24, 2.45) is 11.8 Å². The topological polar surface area (TPSA) is 262 Å². The molecule has 360 valence electrons. The molecule has 0 aliphatic carbocycles. The van der Waals surface area contributed by atoms with Gasteiger partial charge in [0.05, 0.1) is 52.4 Å². The molecule has 4 aromatic heterocycles. The molecule has 0 bridgehead atoms. The Morgan fingerprint density at radius 1 is 0.687 bits per heavy atom. The summed E-state index contributed by atoms with van der Waals surface area (Å²) in [5.74, 6) is -0.325. The molecule has 0 radical (unpaired) electrons. The largest absolute Gasteiger partial charge is 0.478 e. The number of carboxylic acids is 1. The third-order valence-electron chi connectivity index (χ3n) is 12.1. The molecule has 2 aliphatic rings. The number of aromatic amines is 2. The van der Waals surface area contributed by atoms with E-state index >= 15 is 0 Å². The number of carboxylic acid groups (broad SMARTS) is 1. The number of hydrogen-bond acceptors (Lipinski definition) is 11. The highest BCUT2D eigenvalue weighted by Gasteiger charge is 2.34. The van der Waals surface area contributed by atoms with Crippen LogP contribution in [0.1, 0.15) is 117 Å². The highest BCUT2D eigenvalue weighted by molar-refractivity contribution is 7.92. The fourth-order valence-corrected chi connectivity index (χ4v) is 9.41. The maximum absolute atomic E-state index is 13.7. The Morgan fingerprint density at radius 2 is 1.16 bits per heavy atom. The Morgan fingerprint density at radius 3 is 1.67 bits per heavy atom. The number of sulfonamides is 2. The highest BCUT2D eigenvalue weighted by Crippen LogP contribution is 2.36. The van der Waals surface area contributed by atoms with Gasteiger partial charge in [-0.1, -0.05) is 37.1 Å². The summed E-state index contributed by atoms with van der Waals surface area (Å²) in [6.07, 6.45) is 5.89. The van der Waals surface area contributed by atoms with Gasteiger partial charge in [0.2, 0.25) is 20.0 Å². The van der Waals surface area contributed by atoms with E-state index in [4.69, 9.17) is 5.11 Å². The molecule has 2 fully saturated rings. The highest BCUT2D eigenvalue weighted by atomic mass is 32.2. The monoisotopic (exact) mass is 960 g/mol. The van der Waals surface area contributed by atoms with Crippen molar-refractivity contribution >= 4 is 54.6 Å². The van der Waals surface area contributed by atoms with E-state index in [9.17, 15) is 36.0 Å². The number of fused-ring (bicyclic) bond motifs is 2. The molecule has 6 N–H and O–H groups in total. The van der Waals surface area contributed by atoms with Gasteiger partial charge >= 0.3 is 5.97 Å². The molecular formula is C46H60N10O9S2. The lowest BCUT2D eigenvalue weighted by atomic mass is 9.90. The minimum absolute atomic E-state index is 0.00221. The summed E-state index contributed by atoms with van der Waals surface area (Å²) < 4.78 is 53.2. The number of rotatable bonds is 8. The fourth-order valence-electron chi connectivity index (χ4n) is 8.25. The van der Waals surface area contributed by atoms with Crippen LogP contribution in [0, 0.1) is 53.4 Å². The molecular weight excluding hydrogens is 901 g/mol. The molecule has 4 unspecified atom stereocenters. The van der Waals surface area contributed by atoms with E-state index in [-0.39, 0.29) is 40.0 Å². The van der Waals surface area contributed by atoms with Gasteiger partial charge in [0.15, 0.2) is 11.3 Å². The van der Waals surface area contributed by atoms with E-state index in [1.54, 1.807) is 54.5 Å². The summed E-state index contributed by atoms with van der Waals surface area (Å²) in [6, 6.07) is 13.4. The van der Waals surface area contributed by atoms with E-state index in [0.717, 1.165) is 60.1 Å². The van der Waals surface area contributed by atoms with Crippen LogP contribution >= 0.6 is 0 Å². The Hall–Kier alpha value is -6.32. The molecule has 1 amide bonds. The number of hydrogen-bond donors (Lipinski definition) is 6. The summed E-state index contributed by atoms with van der Waals surface area (Å²) in [7, 11) is -7.01. The molecule has 8 rings (SSSR count). The zero-order valence-corrected chi connectivity index (χ0v) is 41.1. The first-order valence-corrected chi connectivity index (χ1v) is 25.7. The molecule has 19 nitrogen and oxygen atoms in total. The minimum Gasteiger partial charge on any atom is -0.478 e. The number of carbonyl (C=O) groups is 2. The second-order valence-corrected chi connectivity index (χ2v) is 21.5. The van der Waals surface area contributed by atoms with E-state index < -0.39 is 26.0 Å². The number of nitrogens with one attached hydrogen (secondary N) is 5. The normalized spacial score (nSPS) is 18.7. The molecule has 6 heterocycles. The lowest BCUT2D eigenvalue weighted by Gasteiger charge is -2.38. The van der Waals surface area contributed by atoms with Crippen molar-refractivity contribution in [2.45, 2.75) is 93.2 Å². The Kier molecular flexibility index (Phi) is 14.9. The molecule has 21 heteroatoms. The van der Waals surface area contributed by atoms with E-state index in [2.05, 4.69) is 48.8 Å². The smallest absolute Gasteiger partial charge is 0.337 e. The predicted octanol–water partition coefficient (Wildman–Crippen LogP) is 5.70. The summed E-state index contributed by atoms with van der Waals surface area (Å²) >= 11 is 0. The number of aryl methyl sites for hydroxylation is 4. The standard InChI is InChI=1S/C23H29N5O4S.C14H20N4O.C9H11NO4S/c1-13-6-7-18(26-33(5,31)32)17(10-13)23(30)27-9-8-14(2)11-20(27)19-12-21-24-16(4)15(3)22(29)28(21)25-19;1-8-4-5-15-11(6-8)12-7-13-16-10(3)9(2)14(19)18(13)17-12;1-6-3-4-8(10-15(2,13)14)7(5-6)9(11)12/h6-7,10,12,14,20,25-26H,8-9,11H2,1-5H3;7-8,11,15,17H,4-6H2,1-3H3;3-5,10H,1-2H3,(H,11,12). The number of H-pyrrole nitrogens is 2. The minimum atomic E-state index is -3.55. The van der Waals surface area contributed by atoms with Crippen LogP contribution in [0.2, 0.25) is 0 Å². The zero-order chi connectivity index (χ0) is 49.3. The average Bonchev–Trinajstić information content (AvgIpc) is 3.88. The second kappa shape index (κ2) is 19.9.